The number of benzene rings is 2. The van der Waals surface area contributed by atoms with Gasteiger partial charge in [0.25, 0.3) is 5.91 Å². The molecule has 2 N–H and O–H groups in total. The van der Waals surface area contributed by atoms with Crippen molar-refractivity contribution < 1.29 is 19.4 Å². The van der Waals surface area contributed by atoms with E-state index in [1.54, 1.807) is 47.2 Å². The minimum Gasteiger partial charge on any atom is -0.497 e. The van der Waals surface area contributed by atoms with Gasteiger partial charge in [-0.2, -0.15) is 5.26 Å². The molecule has 0 fully saturated rings. The maximum atomic E-state index is 12.5. The summed E-state index contributed by atoms with van der Waals surface area (Å²) in [6, 6.07) is 15.9. The van der Waals surface area contributed by atoms with Crippen molar-refractivity contribution in [3.05, 3.63) is 65.9 Å². The van der Waals surface area contributed by atoms with Crippen LogP contribution in [0.25, 0.3) is 17.0 Å². The van der Waals surface area contributed by atoms with Crippen LogP contribution in [0.5, 0.6) is 5.75 Å². The predicted octanol–water partition coefficient (Wildman–Crippen LogP) is 3.28. The number of carbonyl (C=O) groups is 2. The summed E-state index contributed by atoms with van der Waals surface area (Å²) in [6.45, 7) is -0.216. The van der Waals surface area contributed by atoms with Crippen molar-refractivity contribution in [2.75, 3.05) is 12.4 Å². The standard InChI is InChI=1S/C21H17N3O4/c1-28-17-6-4-5-16(10-17)23-21(27)14(11-22)9-15-12-24(13-20(25)26)19-8-3-2-7-18(15)19/h2-10,12H,13H2,1H3,(H,23,27)(H,25,26)/b14-9+. The minimum absolute atomic E-state index is 0.0963. The number of amides is 1. The second kappa shape index (κ2) is 8.10. The van der Waals surface area contributed by atoms with Crippen molar-refractivity contribution in [3.8, 4) is 11.8 Å². The van der Waals surface area contributed by atoms with E-state index in [4.69, 9.17) is 9.84 Å². The van der Waals surface area contributed by atoms with Gasteiger partial charge in [0.1, 0.15) is 23.9 Å². The lowest BCUT2D eigenvalue weighted by Gasteiger charge is -2.06. The second-order valence-electron chi connectivity index (χ2n) is 5.98. The van der Waals surface area contributed by atoms with Gasteiger partial charge in [0.15, 0.2) is 0 Å². The Bertz CT molecular complexity index is 1120. The van der Waals surface area contributed by atoms with Crippen LogP contribution in [0.1, 0.15) is 5.56 Å². The fraction of sp³-hybridized carbons (Fsp3) is 0.0952. The molecule has 28 heavy (non-hydrogen) atoms. The van der Waals surface area contributed by atoms with E-state index in [0.717, 1.165) is 5.39 Å². The molecule has 0 radical (unpaired) electrons. The summed E-state index contributed by atoms with van der Waals surface area (Å²) in [7, 11) is 1.52. The van der Waals surface area contributed by atoms with Crippen LogP contribution in [-0.4, -0.2) is 28.7 Å². The summed E-state index contributed by atoms with van der Waals surface area (Å²) >= 11 is 0. The SMILES string of the molecule is COc1cccc(NC(=O)/C(C#N)=C/c2cn(CC(=O)O)c3ccccc23)c1. The molecule has 3 aromatic rings. The fourth-order valence-electron chi connectivity index (χ4n) is 2.87. The number of nitrogens with one attached hydrogen (secondary N) is 1. The van der Waals surface area contributed by atoms with E-state index in [9.17, 15) is 14.9 Å². The van der Waals surface area contributed by atoms with E-state index in [-0.39, 0.29) is 12.1 Å². The largest absolute Gasteiger partial charge is 0.497 e. The van der Waals surface area contributed by atoms with Crippen LogP contribution in [0.15, 0.2) is 60.3 Å². The molecule has 1 aromatic heterocycles. The van der Waals surface area contributed by atoms with Crippen LogP contribution in [0.4, 0.5) is 5.69 Å². The molecule has 0 aliphatic heterocycles. The molecule has 0 atom stereocenters. The highest BCUT2D eigenvalue weighted by Gasteiger charge is 2.14. The first-order valence-electron chi connectivity index (χ1n) is 8.38. The molecule has 0 spiro atoms. The molecule has 0 saturated carbocycles. The molecular weight excluding hydrogens is 358 g/mol. The van der Waals surface area contributed by atoms with Gasteiger partial charge >= 0.3 is 5.97 Å². The zero-order valence-corrected chi connectivity index (χ0v) is 15.0. The first-order chi connectivity index (χ1) is 13.5. The van der Waals surface area contributed by atoms with Crippen LogP contribution < -0.4 is 10.1 Å². The Labute approximate surface area is 161 Å². The van der Waals surface area contributed by atoms with Gasteiger partial charge in [-0.3, -0.25) is 9.59 Å². The van der Waals surface area contributed by atoms with Crippen LogP contribution in [-0.2, 0) is 16.1 Å². The Hall–Kier alpha value is -4.05. The van der Waals surface area contributed by atoms with Crippen molar-refractivity contribution in [1.29, 1.82) is 5.26 Å². The second-order valence-corrected chi connectivity index (χ2v) is 5.98. The van der Waals surface area contributed by atoms with Crippen LogP contribution in [0.2, 0.25) is 0 Å². The summed E-state index contributed by atoms with van der Waals surface area (Å²) in [6.07, 6.45) is 3.07. The number of carboxylic acid groups (broad SMARTS) is 1. The third-order valence-electron chi connectivity index (χ3n) is 4.12. The number of hydrogen-bond acceptors (Lipinski definition) is 4. The highest BCUT2D eigenvalue weighted by molar-refractivity contribution is 6.10. The topological polar surface area (TPSA) is 104 Å². The minimum atomic E-state index is -0.979. The molecule has 2 aromatic carbocycles. The van der Waals surface area contributed by atoms with Crippen molar-refractivity contribution in [2.45, 2.75) is 6.54 Å². The van der Waals surface area contributed by atoms with E-state index in [1.165, 1.54) is 13.2 Å². The average Bonchev–Trinajstić information content (AvgIpc) is 3.03. The van der Waals surface area contributed by atoms with Gasteiger partial charge in [-0.05, 0) is 24.3 Å². The number of aromatic nitrogens is 1. The number of para-hydroxylation sites is 1. The van der Waals surface area contributed by atoms with Gasteiger partial charge in [0, 0.05) is 34.4 Å². The van der Waals surface area contributed by atoms with E-state index >= 15 is 0 Å². The normalized spacial score (nSPS) is 11.1. The monoisotopic (exact) mass is 375 g/mol. The molecule has 0 bridgehead atoms. The smallest absolute Gasteiger partial charge is 0.323 e. The lowest BCUT2D eigenvalue weighted by molar-refractivity contribution is -0.137. The molecule has 0 aliphatic carbocycles. The average molecular weight is 375 g/mol. The number of hydrogen-bond donors (Lipinski definition) is 2. The number of rotatable bonds is 6. The number of nitrogens with zero attached hydrogens (tertiary/aromatic N) is 2. The van der Waals surface area contributed by atoms with Gasteiger partial charge in [-0.25, -0.2) is 0 Å². The summed E-state index contributed by atoms with van der Waals surface area (Å²) in [5, 5.41) is 22.0. The Morgan fingerprint density at radius 3 is 2.75 bits per heavy atom. The van der Waals surface area contributed by atoms with Crippen molar-refractivity contribution in [2.24, 2.45) is 0 Å². The number of ether oxygens (including phenoxy) is 1. The molecule has 0 saturated heterocycles. The molecule has 7 nitrogen and oxygen atoms in total. The van der Waals surface area contributed by atoms with Gasteiger partial charge < -0.3 is 19.7 Å². The number of carboxylic acids is 1. The first-order valence-corrected chi connectivity index (χ1v) is 8.38. The van der Waals surface area contributed by atoms with Crippen molar-refractivity contribution >= 4 is 34.5 Å². The van der Waals surface area contributed by atoms with Gasteiger partial charge in [-0.1, -0.05) is 24.3 Å². The molecule has 3 rings (SSSR count). The Kier molecular flexibility index (Phi) is 5.42. The molecule has 0 aliphatic rings. The number of anilines is 1. The molecule has 1 heterocycles. The number of carbonyl (C=O) groups excluding carboxylic acids is 1. The van der Waals surface area contributed by atoms with Crippen LogP contribution in [0.3, 0.4) is 0 Å². The molecule has 1 amide bonds. The molecular formula is C21H17N3O4. The van der Waals surface area contributed by atoms with E-state index in [2.05, 4.69) is 5.32 Å². The predicted molar refractivity (Wildman–Crippen MR) is 105 cm³/mol. The third kappa shape index (κ3) is 4.02. The van der Waals surface area contributed by atoms with Gasteiger partial charge in [0.05, 0.1) is 7.11 Å². The summed E-state index contributed by atoms with van der Waals surface area (Å²) < 4.78 is 6.69. The fourth-order valence-corrected chi connectivity index (χ4v) is 2.87. The first kappa shape index (κ1) is 18.7. The Balaban J connectivity index is 1.95. The number of fused-ring (bicyclic) bond motifs is 1. The molecule has 140 valence electrons. The zero-order valence-electron chi connectivity index (χ0n) is 15.0. The number of methoxy groups -OCH3 is 1. The maximum Gasteiger partial charge on any atom is 0.323 e. The summed E-state index contributed by atoms with van der Waals surface area (Å²) in [5.41, 5.74) is 1.70. The lowest BCUT2D eigenvalue weighted by Crippen LogP contribution is -2.13. The zero-order chi connectivity index (χ0) is 20.1. The Morgan fingerprint density at radius 2 is 2.04 bits per heavy atom. The van der Waals surface area contributed by atoms with Crippen molar-refractivity contribution in [1.82, 2.24) is 4.57 Å². The quantitative estimate of drug-likeness (QED) is 0.508. The number of nitriles is 1. The van der Waals surface area contributed by atoms with Crippen molar-refractivity contribution in [3.63, 3.8) is 0 Å². The van der Waals surface area contributed by atoms with Gasteiger partial charge in [0.2, 0.25) is 0 Å². The summed E-state index contributed by atoms with van der Waals surface area (Å²) in [4.78, 5) is 23.6. The van der Waals surface area contributed by atoms with E-state index < -0.39 is 11.9 Å². The highest BCUT2D eigenvalue weighted by atomic mass is 16.5. The third-order valence-corrected chi connectivity index (χ3v) is 4.12. The maximum absolute atomic E-state index is 12.5. The molecule has 0 unspecified atom stereocenters. The highest BCUT2D eigenvalue weighted by Crippen LogP contribution is 2.24. The Morgan fingerprint density at radius 1 is 1.25 bits per heavy atom. The van der Waals surface area contributed by atoms with E-state index in [1.807, 2.05) is 18.2 Å². The van der Waals surface area contributed by atoms with Crippen LogP contribution in [0, 0.1) is 11.3 Å². The lowest BCUT2D eigenvalue weighted by atomic mass is 10.1. The molecule has 7 heteroatoms. The summed E-state index contributed by atoms with van der Waals surface area (Å²) in [5.74, 6) is -0.963. The van der Waals surface area contributed by atoms with Gasteiger partial charge in [-0.15, -0.1) is 0 Å². The van der Waals surface area contributed by atoms with E-state index in [0.29, 0.717) is 22.5 Å². The number of aliphatic carboxylic acids is 1. The van der Waals surface area contributed by atoms with Crippen LogP contribution >= 0.6 is 0 Å².